The van der Waals surface area contributed by atoms with E-state index in [-0.39, 0.29) is 15.9 Å². The molecule has 1 aromatic heterocycles. The quantitative estimate of drug-likeness (QED) is 0.811. The maximum absolute atomic E-state index is 12.7. The van der Waals surface area contributed by atoms with Gasteiger partial charge >= 0.3 is 6.18 Å². The Morgan fingerprint density at radius 3 is 2.48 bits per heavy atom. The molecular weight excluding hydrogens is 356 g/mol. The lowest BCUT2D eigenvalue weighted by atomic mass is 10.1. The molecule has 0 aliphatic rings. The summed E-state index contributed by atoms with van der Waals surface area (Å²) in [6, 6.07) is 4.99. The van der Waals surface area contributed by atoms with Gasteiger partial charge in [0.1, 0.15) is 11.6 Å². The highest BCUT2D eigenvalue weighted by molar-refractivity contribution is 9.10. The van der Waals surface area contributed by atoms with Crippen LogP contribution in [-0.4, -0.2) is 10.9 Å². The first kappa shape index (κ1) is 15.4. The molecule has 110 valence electrons. The highest BCUT2D eigenvalue weighted by Crippen LogP contribution is 2.32. The first-order valence-corrected chi connectivity index (χ1v) is 6.36. The van der Waals surface area contributed by atoms with E-state index in [1.807, 2.05) is 0 Å². The van der Waals surface area contributed by atoms with Crippen molar-refractivity contribution in [1.29, 1.82) is 0 Å². The molecule has 0 aliphatic carbocycles. The zero-order chi connectivity index (χ0) is 15.6. The number of pyridine rings is 1. The molecule has 2 aromatic rings. The minimum Gasteiger partial charge on any atom is -0.307 e. The number of anilines is 1. The predicted molar refractivity (Wildman–Crippen MR) is 71.3 cm³/mol. The van der Waals surface area contributed by atoms with E-state index in [1.54, 1.807) is 0 Å². The molecule has 1 amide bonds. The molecule has 0 atom stereocenters. The Kier molecular flexibility index (Phi) is 4.26. The van der Waals surface area contributed by atoms with E-state index >= 15 is 0 Å². The largest absolute Gasteiger partial charge is 0.416 e. The van der Waals surface area contributed by atoms with E-state index in [0.717, 1.165) is 30.5 Å². The summed E-state index contributed by atoms with van der Waals surface area (Å²) in [6.07, 6.45) is -3.67. The van der Waals surface area contributed by atoms with Crippen molar-refractivity contribution in [3.63, 3.8) is 0 Å². The van der Waals surface area contributed by atoms with E-state index in [1.165, 1.54) is 6.07 Å². The van der Waals surface area contributed by atoms with Gasteiger partial charge in [-0.05, 0) is 46.3 Å². The molecule has 21 heavy (non-hydrogen) atoms. The first-order valence-electron chi connectivity index (χ1n) is 5.57. The van der Waals surface area contributed by atoms with Crippen LogP contribution in [0.1, 0.15) is 15.9 Å². The second kappa shape index (κ2) is 5.80. The summed E-state index contributed by atoms with van der Waals surface area (Å²) in [5.41, 5.74) is -1.14. The summed E-state index contributed by atoms with van der Waals surface area (Å²) in [7, 11) is 0. The van der Waals surface area contributed by atoms with Gasteiger partial charge in [-0.3, -0.25) is 4.79 Å². The molecule has 0 radical (unpaired) electrons. The lowest BCUT2D eigenvalue weighted by Gasteiger charge is -2.10. The molecule has 0 aliphatic heterocycles. The van der Waals surface area contributed by atoms with Gasteiger partial charge < -0.3 is 5.32 Å². The van der Waals surface area contributed by atoms with Gasteiger partial charge in [-0.25, -0.2) is 9.37 Å². The number of hydrogen-bond donors (Lipinski definition) is 1. The average Bonchev–Trinajstić information content (AvgIpc) is 2.40. The minimum atomic E-state index is -4.55. The fourth-order valence-corrected chi connectivity index (χ4v) is 1.94. The highest BCUT2D eigenvalue weighted by atomic mass is 79.9. The second-order valence-corrected chi connectivity index (χ2v) is 4.86. The van der Waals surface area contributed by atoms with Gasteiger partial charge in [0.15, 0.2) is 0 Å². The van der Waals surface area contributed by atoms with Gasteiger partial charge in [-0.15, -0.1) is 0 Å². The van der Waals surface area contributed by atoms with Crippen molar-refractivity contribution >= 4 is 27.7 Å². The first-order chi connectivity index (χ1) is 9.77. The summed E-state index contributed by atoms with van der Waals surface area (Å²) >= 11 is 3.01. The van der Waals surface area contributed by atoms with Crippen LogP contribution in [0.25, 0.3) is 0 Å². The number of rotatable bonds is 2. The van der Waals surface area contributed by atoms with Gasteiger partial charge in [0.2, 0.25) is 0 Å². The van der Waals surface area contributed by atoms with Crippen LogP contribution >= 0.6 is 15.9 Å². The van der Waals surface area contributed by atoms with Crippen LogP contribution in [0.3, 0.4) is 0 Å². The van der Waals surface area contributed by atoms with Crippen LogP contribution in [0, 0.1) is 5.82 Å². The van der Waals surface area contributed by atoms with E-state index in [9.17, 15) is 22.4 Å². The van der Waals surface area contributed by atoms with Gasteiger partial charge in [0.25, 0.3) is 5.91 Å². The molecule has 3 nitrogen and oxygen atoms in total. The summed E-state index contributed by atoms with van der Waals surface area (Å²) in [4.78, 5) is 15.6. The Morgan fingerprint density at radius 1 is 1.19 bits per heavy atom. The third-order valence-electron chi connectivity index (χ3n) is 2.51. The van der Waals surface area contributed by atoms with Gasteiger partial charge in [0.05, 0.1) is 17.3 Å². The zero-order valence-electron chi connectivity index (χ0n) is 10.2. The number of halogens is 5. The SMILES string of the molecule is O=C(Nc1ccc(F)cn1)c1cc(C(F)(F)F)ccc1Br. The summed E-state index contributed by atoms with van der Waals surface area (Å²) in [5.74, 6) is -1.34. The Bertz CT molecular complexity index is 671. The number of carbonyl (C=O) groups excluding carboxylic acids is 1. The molecule has 0 unspecified atom stereocenters. The molecule has 1 aromatic carbocycles. The van der Waals surface area contributed by atoms with Crippen LogP contribution in [0.5, 0.6) is 0 Å². The lowest BCUT2D eigenvalue weighted by Crippen LogP contribution is -2.15. The molecule has 0 saturated carbocycles. The number of nitrogens with zero attached hydrogens (tertiary/aromatic N) is 1. The maximum atomic E-state index is 12.7. The minimum absolute atomic E-state index is 0.0331. The standard InChI is InChI=1S/C13H7BrF4N2O/c14-10-3-1-7(13(16,17)18)5-9(10)12(21)20-11-4-2-8(15)6-19-11/h1-6H,(H,19,20,21). The van der Waals surface area contributed by atoms with Gasteiger partial charge in [0, 0.05) is 4.47 Å². The lowest BCUT2D eigenvalue weighted by molar-refractivity contribution is -0.137. The smallest absolute Gasteiger partial charge is 0.307 e. The fourth-order valence-electron chi connectivity index (χ4n) is 1.51. The Labute approximate surface area is 125 Å². The van der Waals surface area contributed by atoms with Crippen molar-refractivity contribution in [2.45, 2.75) is 6.18 Å². The molecule has 0 bridgehead atoms. The molecule has 1 N–H and O–H groups in total. The molecule has 2 rings (SSSR count). The summed E-state index contributed by atoms with van der Waals surface area (Å²) < 4.78 is 50.8. The Balaban J connectivity index is 2.28. The van der Waals surface area contributed by atoms with Crippen LogP contribution in [0.4, 0.5) is 23.4 Å². The number of amides is 1. The number of benzene rings is 1. The number of nitrogens with one attached hydrogen (secondary N) is 1. The van der Waals surface area contributed by atoms with Crippen molar-refractivity contribution in [2.24, 2.45) is 0 Å². The van der Waals surface area contributed by atoms with Crippen molar-refractivity contribution in [1.82, 2.24) is 4.98 Å². The van der Waals surface area contributed by atoms with Crippen LogP contribution < -0.4 is 5.32 Å². The highest BCUT2D eigenvalue weighted by Gasteiger charge is 2.31. The number of carbonyl (C=O) groups is 1. The maximum Gasteiger partial charge on any atom is 0.416 e. The van der Waals surface area contributed by atoms with Crippen LogP contribution in [-0.2, 0) is 6.18 Å². The monoisotopic (exact) mass is 362 g/mol. The number of alkyl halides is 3. The molecule has 1 heterocycles. The summed E-state index contributed by atoms with van der Waals surface area (Å²) in [6.45, 7) is 0. The van der Waals surface area contributed by atoms with E-state index in [4.69, 9.17) is 0 Å². The second-order valence-electron chi connectivity index (χ2n) is 4.01. The third kappa shape index (κ3) is 3.78. The van der Waals surface area contributed by atoms with Gasteiger partial charge in [-0.2, -0.15) is 13.2 Å². The van der Waals surface area contributed by atoms with Crippen molar-refractivity contribution in [3.05, 3.63) is 57.9 Å². The summed E-state index contributed by atoms with van der Waals surface area (Å²) in [5, 5.41) is 2.29. The van der Waals surface area contributed by atoms with E-state index in [0.29, 0.717) is 0 Å². The van der Waals surface area contributed by atoms with E-state index in [2.05, 4.69) is 26.2 Å². The average molecular weight is 363 g/mol. The Hall–Kier alpha value is -1.96. The molecule has 0 spiro atoms. The third-order valence-corrected chi connectivity index (χ3v) is 3.20. The van der Waals surface area contributed by atoms with Crippen molar-refractivity contribution in [3.8, 4) is 0 Å². The zero-order valence-corrected chi connectivity index (χ0v) is 11.8. The number of hydrogen-bond acceptors (Lipinski definition) is 2. The van der Waals surface area contributed by atoms with Crippen molar-refractivity contribution < 1.29 is 22.4 Å². The van der Waals surface area contributed by atoms with Crippen LogP contribution in [0.2, 0.25) is 0 Å². The van der Waals surface area contributed by atoms with Crippen molar-refractivity contribution in [2.75, 3.05) is 5.32 Å². The molecule has 0 fully saturated rings. The topological polar surface area (TPSA) is 42.0 Å². The fraction of sp³-hybridized carbons (Fsp3) is 0.0769. The predicted octanol–water partition coefficient (Wildman–Crippen LogP) is 4.25. The Morgan fingerprint density at radius 2 is 1.90 bits per heavy atom. The van der Waals surface area contributed by atoms with Crippen LogP contribution in [0.15, 0.2) is 41.0 Å². The van der Waals surface area contributed by atoms with E-state index < -0.39 is 23.5 Å². The number of aromatic nitrogens is 1. The molecule has 0 saturated heterocycles. The molecular formula is C13H7BrF4N2O. The normalized spacial score (nSPS) is 11.3. The van der Waals surface area contributed by atoms with Gasteiger partial charge in [-0.1, -0.05) is 0 Å². The molecule has 8 heteroatoms.